The normalized spacial score (nSPS) is 22.1. The number of hydroxylamine groups is 2. The fraction of sp³-hybridized carbons (Fsp3) is 0.250. The molecule has 0 aromatic heterocycles. The number of carbonyl (C=O) groups is 1. The highest BCUT2D eigenvalue weighted by Gasteiger charge is 2.45. The van der Waals surface area contributed by atoms with Gasteiger partial charge in [-0.1, -0.05) is 60.7 Å². The predicted molar refractivity (Wildman–Crippen MR) is 93.5 cm³/mol. The van der Waals surface area contributed by atoms with Gasteiger partial charge in [0.25, 0.3) is 0 Å². The molecule has 4 nitrogen and oxygen atoms in total. The standard InChI is InChI=1S/C20H22N2O2/c1-14(17(23)15-10-6-4-7-11-15)18-20(2,3)22(24)19(21-18)16-12-8-5-9-13-16/h4-13,19,21,24H,1-3H3/b18-14-. The van der Waals surface area contributed by atoms with E-state index in [-0.39, 0.29) is 11.9 Å². The molecule has 2 N–H and O–H groups in total. The maximum atomic E-state index is 12.8. The number of allylic oxidation sites excluding steroid dienone is 1. The average molecular weight is 322 g/mol. The van der Waals surface area contributed by atoms with Gasteiger partial charge in [0, 0.05) is 16.8 Å². The largest absolute Gasteiger partial charge is 0.366 e. The fourth-order valence-electron chi connectivity index (χ4n) is 3.16. The first kappa shape index (κ1) is 16.4. The van der Waals surface area contributed by atoms with Crippen LogP contribution in [0.15, 0.2) is 71.9 Å². The predicted octanol–water partition coefficient (Wildman–Crippen LogP) is 3.92. The molecule has 124 valence electrons. The number of Topliss-reactive ketones (excluding diaryl/α,β-unsaturated/α-hetero) is 1. The molecular weight excluding hydrogens is 300 g/mol. The van der Waals surface area contributed by atoms with E-state index in [0.29, 0.717) is 11.1 Å². The first-order valence-corrected chi connectivity index (χ1v) is 8.03. The molecule has 2 aromatic rings. The minimum Gasteiger partial charge on any atom is -0.366 e. The third-order valence-electron chi connectivity index (χ3n) is 4.58. The summed E-state index contributed by atoms with van der Waals surface area (Å²) < 4.78 is 0. The summed E-state index contributed by atoms with van der Waals surface area (Å²) in [7, 11) is 0. The van der Waals surface area contributed by atoms with Gasteiger partial charge in [0.2, 0.25) is 0 Å². The number of rotatable bonds is 3. The number of nitrogens with zero attached hydrogens (tertiary/aromatic N) is 1. The van der Waals surface area contributed by atoms with Crippen LogP contribution < -0.4 is 5.32 Å². The summed E-state index contributed by atoms with van der Waals surface area (Å²) in [4.78, 5) is 12.8. The van der Waals surface area contributed by atoms with E-state index in [4.69, 9.17) is 0 Å². The lowest BCUT2D eigenvalue weighted by molar-refractivity contribution is -0.162. The van der Waals surface area contributed by atoms with Crippen LogP contribution >= 0.6 is 0 Å². The van der Waals surface area contributed by atoms with E-state index in [1.165, 1.54) is 5.06 Å². The van der Waals surface area contributed by atoms with Gasteiger partial charge in [-0.25, -0.2) is 0 Å². The van der Waals surface area contributed by atoms with Gasteiger partial charge in [-0.15, -0.1) is 0 Å². The van der Waals surface area contributed by atoms with Crippen LogP contribution in [0, 0.1) is 0 Å². The Bertz CT molecular complexity index is 767. The lowest BCUT2D eigenvalue weighted by Crippen LogP contribution is -2.38. The van der Waals surface area contributed by atoms with Crippen molar-refractivity contribution < 1.29 is 10.0 Å². The Morgan fingerprint density at radius 1 is 1.04 bits per heavy atom. The van der Waals surface area contributed by atoms with Crippen LogP contribution in [0.2, 0.25) is 0 Å². The smallest absolute Gasteiger partial charge is 0.190 e. The van der Waals surface area contributed by atoms with Crippen molar-refractivity contribution in [1.29, 1.82) is 0 Å². The Morgan fingerprint density at radius 3 is 2.17 bits per heavy atom. The molecule has 0 saturated carbocycles. The summed E-state index contributed by atoms with van der Waals surface area (Å²) >= 11 is 0. The second-order valence-electron chi connectivity index (χ2n) is 6.56. The highest BCUT2D eigenvalue weighted by Crippen LogP contribution is 2.38. The molecule has 1 saturated heterocycles. The number of hydrogen-bond acceptors (Lipinski definition) is 4. The van der Waals surface area contributed by atoms with Crippen molar-refractivity contribution in [2.45, 2.75) is 32.5 Å². The van der Waals surface area contributed by atoms with Gasteiger partial charge >= 0.3 is 0 Å². The molecular formula is C20H22N2O2. The first-order valence-electron chi connectivity index (χ1n) is 8.03. The monoisotopic (exact) mass is 322 g/mol. The van der Waals surface area contributed by atoms with Crippen molar-refractivity contribution in [3.8, 4) is 0 Å². The number of nitrogens with one attached hydrogen (secondary N) is 1. The van der Waals surface area contributed by atoms with Gasteiger partial charge in [-0.2, -0.15) is 5.06 Å². The van der Waals surface area contributed by atoms with E-state index >= 15 is 0 Å². The summed E-state index contributed by atoms with van der Waals surface area (Å²) in [6, 6.07) is 18.9. The maximum absolute atomic E-state index is 12.8. The Morgan fingerprint density at radius 2 is 1.58 bits per heavy atom. The highest BCUT2D eigenvalue weighted by atomic mass is 16.5. The van der Waals surface area contributed by atoms with Crippen LogP contribution in [0.1, 0.15) is 42.9 Å². The third-order valence-corrected chi connectivity index (χ3v) is 4.58. The van der Waals surface area contributed by atoms with E-state index in [1.807, 2.05) is 62.4 Å². The first-order chi connectivity index (χ1) is 11.4. The quantitative estimate of drug-likeness (QED) is 0.664. The topological polar surface area (TPSA) is 52.6 Å². The maximum Gasteiger partial charge on any atom is 0.190 e. The summed E-state index contributed by atoms with van der Waals surface area (Å²) in [6.45, 7) is 5.61. The molecule has 4 heteroatoms. The number of ketones is 1. The molecule has 1 unspecified atom stereocenters. The van der Waals surface area contributed by atoms with Crippen molar-refractivity contribution in [3.05, 3.63) is 83.1 Å². The van der Waals surface area contributed by atoms with E-state index in [0.717, 1.165) is 11.3 Å². The van der Waals surface area contributed by atoms with Crippen LogP contribution in [-0.4, -0.2) is 21.6 Å². The lowest BCUT2D eigenvalue weighted by atomic mass is 9.94. The van der Waals surface area contributed by atoms with E-state index in [2.05, 4.69) is 5.32 Å². The molecule has 0 bridgehead atoms. The fourth-order valence-corrected chi connectivity index (χ4v) is 3.16. The molecule has 0 amide bonds. The Balaban J connectivity index is 1.99. The van der Waals surface area contributed by atoms with Crippen molar-refractivity contribution >= 4 is 5.78 Å². The second kappa shape index (κ2) is 6.23. The summed E-state index contributed by atoms with van der Waals surface area (Å²) in [5, 5.41) is 15.3. The van der Waals surface area contributed by atoms with Gasteiger partial charge in [0.15, 0.2) is 5.78 Å². The zero-order valence-corrected chi connectivity index (χ0v) is 14.2. The molecule has 1 heterocycles. The Hall–Kier alpha value is -2.43. The number of hydrogen-bond donors (Lipinski definition) is 2. The number of carbonyl (C=O) groups excluding carboxylic acids is 1. The molecule has 1 atom stereocenters. The molecule has 24 heavy (non-hydrogen) atoms. The van der Waals surface area contributed by atoms with Gasteiger partial charge in [0.05, 0.1) is 5.54 Å². The van der Waals surface area contributed by atoms with Crippen LogP contribution in [0.3, 0.4) is 0 Å². The molecule has 1 aliphatic heterocycles. The van der Waals surface area contributed by atoms with Crippen LogP contribution in [0.5, 0.6) is 0 Å². The lowest BCUT2D eigenvalue weighted by Gasteiger charge is -2.28. The molecule has 0 radical (unpaired) electrons. The van der Waals surface area contributed by atoms with Gasteiger partial charge in [-0.05, 0) is 26.3 Å². The Kier molecular flexibility index (Phi) is 4.26. The molecule has 1 fully saturated rings. The molecule has 0 spiro atoms. The zero-order chi connectivity index (χ0) is 17.3. The van der Waals surface area contributed by atoms with E-state index < -0.39 is 5.54 Å². The average Bonchev–Trinajstić information content (AvgIpc) is 2.85. The van der Waals surface area contributed by atoms with Crippen LogP contribution in [0.25, 0.3) is 0 Å². The van der Waals surface area contributed by atoms with Gasteiger partial charge < -0.3 is 10.5 Å². The molecule has 3 rings (SSSR count). The molecule has 2 aromatic carbocycles. The minimum absolute atomic E-state index is 0.0340. The minimum atomic E-state index is -0.685. The third kappa shape index (κ3) is 2.75. The zero-order valence-electron chi connectivity index (χ0n) is 14.2. The number of benzene rings is 2. The SMILES string of the molecule is C/C(C(=O)c1ccccc1)=C1/NC(c2ccccc2)N(O)C1(C)C. The van der Waals surface area contributed by atoms with Crippen molar-refractivity contribution in [2.75, 3.05) is 0 Å². The van der Waals surface area contributed by atoms with Gasteiger partial charge in [-0.3, -0.25) is 4.79 Å². The summed E-state index contributed by atoms with van der Waals surface area (Å²) in [5.41, 5.74) is 2.27. The molecule has 0 aliphatic carbocycles. The van der Waals surface area contributed by atoms with Crippen molar-refractivity contribution in [2.24, 2.45) is 0 Å². The molecule has 1 aliphatic rings. The summed E-state index contributed by atoms with van der Waals surface area (Å²) in [5.74, 6) is -0.0340. The van der Waals surface area contributed by atoms with Crippen molar-refractivity contribution in [1.82, 2.24) is 10.4 Å². The second-order valence-corrected chi connectivity index (χ2v) is 6.56. The Labute approximate surface area is 142 Å². The van der Waals surface area contributed by atoms with Gasteiger partial charge in [0.1, 0.15) is 6.17 Å². The van der Waals surface area contributed by atoms with Crippen LogP contribution in [-0.2, 0) is 0 Å². The van der Waals surface area contributed by atoms with Crippen LogP contribution in [0.4, 0.5) is 0 Å². The van der Waals surface area contributed by atoms with Crippen molar-refractivity contribution in [3.63, 3.8) is 0 Å². The van der Waals surface area contributed by atoms with E-state index in [9.17, 15) is 10.0 Å². The summed E-state index contributed by atoms with van der Waals surface area (Å²) in [6.07, 6.45) is -0.380. The van der Waals surface area contributed by atoms with E-state index in [1.54, 1.807) is 19.1 Å². The highest BCUT2D eigenvalue weighted by molar-refractivity contribution is 6.08.